The zero-order valence-corrected chi connectivity index (χ0v) is 18.5. The number of ketones is 1. The molecule has 0 radical (unpaired) electrons. The predicted octanol–water partition coefficient (Wildman–Crippen LogP) is 6.35. The molecule has 2 aliphatic rings. The second-order valence-electron chi connectivity index (χ2n) is 7.52. The van der Waals surface area contributed by atoms with Crippen molar-refractivity contribution in [2.45, 2.75) is 44.4 Å². The number of nitrogens with zero attached hydrogens (tertiary/aromatic N) is 2. The van der Waals surface area contributed by atoms with Gasteiger partial charge in [0.2, 0.25) is 5.88 Å². The van der Waals surface area contributed by atoms with Gasteiger partial charge in [-0.2, -0.15) is 0 Å². The third-order valence-electron chi connectivity index (χ3n) is 5.28. The first-order valence-electron chi connectivity index (χ1n) is 10.8. The molecule has 0 bridgehead atoms. The summed E-state index contributed by atoms with van der Waals surface area (Å²) in [6.07, 6.45) is 7.71. The van der Waals surface area contributed by atoms with E-state index in [9.17, 15) is 4.79 Å². The Labute approximate surface area is 183 Å². The third-order valence-corrected chi connectivity index (χ3v) is 6.39. The minimum Gasteiger partial charge on any atom is -0.438 e. The fraction of sp³-hybridized carbons (Fsp3) is 0.320. The minimum absolute atomic E-state index is 0.0453. The fourth-order valence-corrected chi connectivity index (χ4v) is 4.83. The predicted molar refractivity (Wildman–Crippen MR) is 125 cm³/mol. The molecule has 30 heavy (non-hydrogen) atoms. The number of anilines is 2. The summed E-state index contributed by atoms with van der Waals surface area (Å²) in [4.78, 5) is 18.6. The quantitative estimate of drug-likeness (QED) is 0.465. The van der Waals surface area contributed by atoms with E-state index < -0.39 is 0 Å². The maximum absolute atomic E-state index is 13.0. The summed E-state index contributed by atoms with van der Waals surface area (Å²) in [6, 6.07) is 16.3. The van der Waals surface area contributed by atoms with Gasteiger partial charge >= 0.3 is 0 Å². The first-order valence-corrected chi connectivity index (χ1v) is 11.6. The molecule has 2 heterocycles. The Morgan fingerprint density at radius 3 is 2.33 bits per heavy atom. The summed E-state index contributed by atoms with van der Waals surface area (Å²) in [5.74, 6) is 1.38. The van der Waals surface area contributed by atoms with Gasteiger partial charge in [-0.3, -0.25) is 4.79 Å². The summed E-state index contributed by atoms with van der Waals surface area (Å²) in [5.41, 5.74) is 2.22. The van der Waals surface area contributed by atoms with Crippen LogP contribution in [0.1, 0.15) is 39.5 Å². The molecule has 0 atom stereocenters. The number of hydrogen-bond acceptors (Lipinski definition) is 5. The Hall–Kier alpha value is -2.66. The molecule has 0 spiro atoms. The Kier molecular flexibility index (Phi) is 6.48. The van der Waals surface area contributed by atoms with Crippen LogP contribution in [0.4, 0.5) is 11.4 Å². The molecular formula is C25H28N2O2S. The standard InChI is InChI=1S/C25H28N2O2S/c1-3-5-15-26-20-11-7-9-13-22(20)29-24(26)17-19(28)18-25-27(16-6-4-2)21-12-8-10-14-23(21)30-25/h7-14,17-18H,3-6,15-16H2,1-2H3. The van der Waals surface area contributed by atoms with Gasteiger partial charge in [0.1, 0.15) is 0 Å². The van der Waals surface area contributed by atoms with Crippen molar-refractivity contribution in [1.29, 1.82) is 0 Å². The van der Waals surface area contributed by atoms with Crippen molar-refractivity contribution in [2.24, 2.45) is 0 Å². The second kappa shape index (κ2) is 9.43. The monoisotopic (exact) mass is 420 g/mol. The molecule has 0 N–H and O–H groups in total. The average Bonchev–Trinajstić information content (AvgIpc) is 3.27. The molecule has 4 rings (SSSR count). The molecule has 0 fully saturated rings. The smallest absolute Gasteiger partial charge is 0.204 e. The molecular weight excluding hydrogens is 392 g/mol. The number of hydrogen-bond donors (Lipinski definition) is 0. The van der Waals surface area contributed by atoms with E-state index in [-0.39, 0.29) is 5.78 Å². The highest BCUT2D eigenvalue weighted by atomic mass is 32.2. The van der Waals surface area contributed by atoms with Gasteiger partial charge in [-0.1, -0.05) is 62.7 Å². The highest BCUT2D eigenvalue weighted by Gasteiger charge is 2.27. The molecule has 5 heteroatoms. The van der Waals surface area contributed by atoms with Gasteiger partial charge in [0, 0.05) is 30.1 Å². The summed E-state index contributed by atoms with van der Waals surface area (Å²) in [7, 11) is 0. The normalized spacial score (nSPS) is 17.4. The second-order valence-corrected chi connectivity index (χ2v) is 8.58. The summed E-state index contributed by atoms with van der Waals surface area (Å²) in [6.45, 7) is 6.11. The fourth-order valence-electron chi connectivity index (χ4n) is 3.70. The van der Waals surface area contributed by atoms with Crippen LogP contribution in [-0.2, 0) is 4.79 Å². The lowest BCUT2D eigenvalue weighted by atomic mass is 10.2. The van der Waals surface area contributed by atoms with E-state index in [4.69, 9.17) is 4.74 Å². The third kappa shape index (κ3) is 4.26. The largest absolute Gasteiger partial charge is 0.438 e. The number of unbranched alkanes of at least 4 members (excludes halogenated alkanes) is 2. The van der Waals surface area contributed by atoms with E-state index in [2.05, 4.69) is 41.8 Å². The lowest BCUT2D eigenvalue weighted by molar-refractivity contribution is -0.110. The van der Waals surface area contributed by atoms with E-state index in [1.54, 1.807) is 23.9 Å². The van der Waals surface area contributed by atoms with E-state index in [1.165, 1.54) is 10.6 Å². The molecule has 2 aromatic rings. The SMILES string of the molecule is CCCCN1C(=CC(=O)C=C2Sc3ccccc3N2CCCC)Oc2ccccc21. The summed E-state index contributed by atoms with van der Waals surface area (Å²) < 4.78 is 6.02. The van der Waals surface area contributed by atoms with Gasteiger partial charge < -0.3 is 14.5 Å². The number of ether oxygens (including phenoxy) is 1. The number of allylic oxidation sites excluding steroid dienone is 2. The maximum atomic E-state index is 13.0. The van der Waals surface area contributed by atoms with Gasteiger partial charge in [0.25, 0.3) is 0 Å². The number of fused-ring (bicyclic) bond motifs is 2. The number of benzene rings is 2. The highest BCUT2D eigenvalue weighted by molar-refractivity contribution is 8.03. The van der Waals surface area contributed by atoms with E-state index in [0.29, 0.717) is 5.88 Å². The molecule has 4 nitrogen and oxygen atoms in total. The molecule has 2 aromatic carbocycles. The van der Waals surface area contributed by atoms with Crippen LogP contribution in [0.15, 0.2) is 76.5 Å². The average molecular weight is 421 g/mol. The summed E-state index contributed by atoms with van der Waals surface area (Å²) in [5, 5.41) is 0.988. The van der Waals surface area contributed by atoms with Crippen LogP contribution in [0.5, 0.6) is 5.75 Å². The Morgan fingerprint density at radius 1 is 0.900 bits per heavy atom. The van der Waals surface area contributed by atoms with Crippen LogP contribution in [-0.4, -0.2) is 18.9 Å². The van der Waals surface area contributed by atoms with Crippen LogP contribution in [0.3, 0.4) is 0 Å². The van der Waals surface area contributed by atoms with Crippen LogP contribution in [0, 0.1) is 0 Å². The number of carbonyl (C=O) groups is 1. The number of rotatable bonds is 8. The summed E-state index contributed by atoms with van der Waals surface area (Å²) >= 11 is 1.67. The van der Waals surface area contributed by atoms with E-state index in [0.717, 1.165) is 55.2 Å². The molecule has 0 saturated carbocycles. The van der Waals surface area contributed by atoms with Crippen molar-refractivity contribution in [3.05, 3.63) is 71.6 Å². The van der Waals surface area contributed by atoms with E-state index >= 15 is 0 Å². The number of thioether (sulfide) groups is 1. The first kappa shape index (κ1) is 20.6. The maximum Gasteiger partial charge on any atom is 0.204 e. The van der Waals surface area contributed by atoms with Crippen molar-refractivity contribution in [3.63, 3.8) is 0 Å². The minimum atomic E-state index is -0.0453. The lowest BCUT2D eigenvalue weighted by Gasteiger charge is -2.20. The number of para-hydroxylation sites is 3. The van der Waals surface area contributed by atoms with Crippen LogP contribution in [0.25, 0.3) is 0 Å². The highest BCUT2D eigenvalue weighted by Crippen LogP contribution is 2.46. The van der Waals surface area contributed by atoms with Crippen LogP contribution in [0.2, 0.25) is 0 Å². The molecule has 0 amide bonds. The van der Waals surface area contributed by atoms with Gasteiger partial charge in [0.15, 0.2) is 11.5 Å². The van der Waals surface area contributed by atoms with Gasteiger partial charge in [-0.15, -0.1) is 0 Å². The van der Waals surface area contributed by atoms with Gasteiger partial charge in [0.05, 0.1) is 16.4 Å². The zero-order valence-electron chi connectivity index (χ0n) is 17.6. The molecule has 0 unspecified atom stereocenters. The van der Waals surface area contributed by atoms with Crippen molar-refractivity contribution in [1.82, 2.24) is 0 Å². The Morgan fingerprint density at radius 2 is 1.57 bits per heavy atom. The van der Waals surface area contributed by atoms with Crippen molar-refractivity contribution in [3.8, 4) is 5.75 Å². The van der Waals surface area contributed by atoms with Crippen LogP contribution < -0.4 is 14.5 Å². The Balaban J connectivity index is 1.58. The van der Waals surface area contributed by atoms with Crippen LogP contribution >= 0.6 is 11.8 Å². The zero-order chi connectivity index (χ0) is 20.9. The molecule has 0 saturated heterocycles. The lowest BCUT2D eigenvalue weighted by Crippen LogP contribution is -2.22. The van der Waals surface area contributed by atoms with E-state index in [1.807, 2.05) is 30.3 Å². The Bertz CT molecular complexity index is 905. The van der Waals surface area contributed by atoms with Gasteiger partial charge in [-0.05, 0) is 37.1 Å². The molecule has 156 valence electrons. The number of carbonyl (C=O) groups excluding carboxylic acids is 1. The van der Waals surface area contributed by atoms with Crippen molar-refractivity contribution in [2.75, 3.05) is 22.9 Å². The molecule has 0 aromatic heterocycles. The topological polar surface area (TPSA) is 32.8 Å². The van der Waals surface area contributed by atoms with Gasteiger partial charge in [-0.25, -0.2) is 0 Å². The first-order chi connectivity index (χ1) is 14.7. The van der Waals surface area contributed by atoms with Crippen molar-refractivity contribution < 1.29 is 9.53 Å². The van der Waals surface area contributed by atoms with Crippen molar-refractivity contribution >= 4 is 28.9 Å². The molecule has 2 aliphatic heterocycles. The molecule has 0 aliphatic carbocycles.